The van der Waals surface area contributed by atoms with Gasteiger partial charge < -0.3 is 14.6 Å². The van der Waals surface area contributed by atoms with Crippen LogP contribution in [0.4, 0.5) is 4.79 Å². The van der Waals surface area contributed by atoms with Gasteiger partial charge in [0.25, 0.3) is 0 Å². The lowest BCUT2D eigenvalue weighted by Crippen LogP contribution is -2.42. The molecular weight excluding hydrogens is 320 g/mol. The predicted octanol–water partition coefficient (Wildman–Crippen LogP) is 2.68. The highest BCUT2D eigenvalue weighted by Crippen LogP contribution is 2.40. The summed E-state index contributed by atoms with van der Waals surface area (Å²) in [5.41, 5.74) is -0.457. The Labute approximate surface area is 148 Å². The van der Waals surface area contributed by atoms with Gasteiger partial charge in [0.15, 0.2) is 5.82 Å². The summed E-state index contributed by atoms with van der Waals surface area (Å²) in [4.78, 5) is 19.0. The maximum Gasteiger partial charge on any atom is 0.407 e. The molecule has 1 saturated heterocycles. The van der Waals surface area contributed by atoms with E-state index in [2.05, 4.69) is 20.4 Å². The van der Waals surface area contributed by atoms with Crippen LogP contribution < -0.4 is 5.32 Å². The molecule has 7 heteroatoms. The van der Waals surface area contributed by atoms with Gasteiger partial charge in [0.2, 0.25) is 5.89 Å². The Morgan fingerprint density at radius 1 is 1.28 bits per heavy atom. The fourth-order valence-electron chi connectivity index (χ4n) is 4.15. The molecule has 0 aromatic carbocycles. The molecule has 7 nitrogen and oxygen atoms in total. The van der Waals surface area contributed by atoms with Crippen LogP contribution in [0, 0.1) is 11.8 Å². The van der Waals surface area contributed by atoms with Crippen molar-refractivity contribution in [3.63, 3.8) is 0 Å². The van der Waals surface area contributed by atoms with Crippen molar-refractivity contribution in [2.75, 3.05) is 13.1 Å². The van der Waals surface area contributed by atoms with Crippen LogP contribution in [0.2, 0.25) is 0 Å². The number of aromatic nitrogens is 2. The summed E-state index contributed by atoms with van der Waals surface area (Å²) in [5.74, 6) is 3.22. The molecule has 1 N–H and O–H groups in total. The fourth-order valence-corrected chi connectivity index (χ4v) is 4.15. The van der Waals surface area contributed by atoms with Crippen LogP contribution in [0.15, 0.2) is 4.52 Å². The lowest BCUT2D eigenvalue weighted by atomic mass is 9.98. The Hall–Kier alpha value is -1.63. The predicted molar refractivity (Wildman–Crippen MR) is 90.9 cm³/mol. The minimum absolute atomic E-state index is 0.206. The molecule has 0 radical (unpaired) electrons. The number of carbonyl (C=O) groups is 1. The third-order valence-electron chi connectivity index (χ3n) is 5.41. The lowest BCUT2D eigenvalue weighted by molar-refractivity contribution is 0.0491. The molecule has 2 heterocycles. The van der Waals surface area contributed by atoms with Crippen LogP contribution in [0.1, 0.15) is 64.1 Å². The number of hydrogen-bond donors (Lipinski definition) is 1. The summed E-state index contributed by atoms with van der Waals surface area (Å²) in [5, 5.41) is 7.21. The monoisotopic (exact) mass is 348 g/mol. The molecule has 25 heavy (non-hydrogen) atoms. The van der Waals surface area contributed by atoms with Gasteiger partial charge in [-0.15, -0.1) is 0 Å². The van der Waals surface area contributed by atoms with E-state index >= 15 is 0 Å². The first kappa shape index (κ1) is 16.8. The van der Waals surface area contributed by atoms with Gasteiger partial charge in [0, 0.05) is 25.0 Å². The smallest absolute Gasteiger partial charge is 0.407 e. The SMILES string of the molecule is CC(C)(C)OC(=O)N[C@@H]1CC[C@@H]2CN(Cc3noc(C4CC4)n3)C[C@H]21. The second kappa shape index (κ2) is 6.27. The fraction of sp³-hybridized carbons (Fsp3) is 0.833. The van der Waals surface area contributed by atoms with Crippen molar-refractivity contribution >= 4 is 6.09 Å². The number of amides is 1. The van der Waals surface area contributed by atoms with E-state index in [1.165, 1.54) is 12.8 Å². The Balaban J connectivity index is 1.30. The van der Waals surface area contributed by atoms with Crippen LogP contribution >= 0.6 is 0 Å². The summed E-state index contributed by atoms with van der Waals surface area (Å²) in [7, 11) is 0. The first-order valence-corrected chi connectivity index (χ1v) is 9.42. The zero-order valence-electron chi connectivity index (χ0n) is 15.3. The van der Waals surface area contributed by atoms with Crippen molar-refractivity contribution in [2.24, 2.45) is 11.8 Å². The molecule has 3 fully saturated rings. The number of alkyl carbamates (subject to hydrolysis) is 1. The molecule has 2 aliphatic carbocycles. The number of nitrogens with one attached hydrogen (secondary N) is 1. The minimum atomic E-state index is -0.457. The largest absolute Gasteiger partial charge is 0.444 e. The van der Waals surface area contributed by atoms with Crippen molar-refractivity contribution in [3.05, 3.63) is 11.7 Å². The van der Waals surface area contributed by atoms with Crippen molar-refractivity contribution in [1.82, 2.24) is 20.4 Å². The van der Waals surface area contributed by atoms with Crippen molar-refractivity contribution in [1.29, 1.82) is 0 Å². The summed E-state index contributed by atoms with van der Waals surface area (Å²) in [6, 6.07) is 0.206. The van der Waals surface area contributed by atoms with Crippen molar-refractivity contribution < 1.29 is 14.1 Å². The zero-order valence-corrected chi connectivity index (χ0v) is 15.3. The van der Waals surface area contributed by atoms with Gasteiger partial charge in [-0.1, -0.05) is 5.16 Å². The molecule has 0 spiro atoms. The number of nitrogens with zero attached hydrogens (tertiary/aromatic N) is 3. The van der Waals surface area contributed by atoms with Gasteiger partial charge in [-0.2, -0.15) is 4.98 Å². The van der Waals surface area contributed by atoms with E-state index in [-0.39, 0.29) is 12.1 Å². The highest BCUT2D eigenvalue weighted by molar-refractivity contribution is 5.68. The minimum Gasteiger partial charge on any atom is -0.444 e. The van der Waals surface area contributed by atoms with Crippen LogP contribution in [-0.4, -0.2) is 45.9 Å². The topological polar surface area (TPSA) is 80.5 Å². The normalized spacial score (nSPS) is 29.6. The molecule has 3 aliphatic rings. The van der Waals surface area contributed by atoms with Crippen LogP contribution in [0.3, 0.4) is 0 Å². The molecule has 3 atom stereocenters. The number of fused-ring (bicyclic) bond motifs is 1. The quantitative estimate of drug-likeness (QED) is 0.901. The van der Waals surface area contributed by atoms with E-state index in [0.29, 0.717) is 17.8 Å². The average Bonchev–Trinajstić information content (AvgIpc) is 2.95. The highest BCUT2D eigenvalue weighted by Gasteiger charge is 2.43. The van der Waals surface area contributed by atoms with Crippen LogP contribution in [0.25, 0.3) is 0 Å². The van der Waals surface area contributed by atoms with Gasteiger partial charge in [0.05, 0.1) is 6.54 Å². The van der Waals surface area contributed by atoms with Gasteiger partial charge in [-0.3, -0.25) is 4.90 Å². The third kappa shape index (κ3) is 3.97. The average molecular weight is 348 g/mol. The number of hydrogen-bond acceptors (Lipinski definition) is 6. The van der Waals surface area contributed by atoms with E-state index in [1.807, 2.05) is 20.8 Å². The Morgan fingerprint density at radius 2 is 2.08 bits per heavy atom. The molecule has 138 valence electrons. The number of likely N-dealkylation sites (tertiary alicyclic amines) is 1. The van der Waals surface area contributed by atoms with Crippen LogP contribution in [-0.2, 0) is 11.3 Å². The summed E-state index contributed by atoms with van der Waals surface area (Å²) in [6.45, 7) is 8.43. The molecule has 1 aromatic rings. The van der Waals surface area contributed by atoms with Gasteiger partial charge in [-0.25, -0.2) is 4.79 Å². The summed E-state index contributed by atoms with van der Waals surface area (Å²) in [6.07, 6.45) is 4.24. The Morgan fingerprint density at radius 3 is 2.80 bits per heavy atom. The van der Waals surface area contributed by atoms with Gasteiger partial charge in [0.1, 0.15) is 5.60 Å². The van der Waals surface area contributed by atoms with Gasteiger partial charge >= 0.3 is 6.09 Å². The van der Waals surface area contributed by atoms with E-state index in [0.717, 1.165) is 44.2 Å². The maximum absolute atomic E-state index is 12.1. The Kier molecular flexibility index (Phi) is 4.22. The molecule has 1 aliphatic heterocycles. The second-order valence-electron chi connectivity index (χ2n) is 8.77. The van der Waals surface area contributed by atoms with E-state index in [4.69, 9.17) is 9.26 Å². The van der Waals surface area contributed by atoms with E-state index in [9.17, 15) is 4.79 Å². The lowest BCUT2D eigenvalue weighted by Gasteiger charge is -2.24. The van der Waals surface area contributed by atoms with Gasteiger partial charge in [-0.05, 0) is 58.3 Å². The molecule has 4 rings (SSSR count). The molecule has 2 saturated carbocycles. The highest BCUT2D eigenvalue weighted by atomic mass is 16.6. The Bertz CT molecular complexity index is 635. The summed E-state index contributed by atoms with van der Waals surface area (Å²) >= 11 is 0. The number of carbonyl (C=O) groups excluding carboxylic acids is 1. The standard InChI is InChI=1S/C18H28N4O3/c1-18(2,3)24-17(23)19-14-7-6-12-8-22(9-13(12)14)10-15-20-16(25-21-15)11-4-5-11/h11-14H,4-10H2,1-3H3,(H,19,23)/t12-,13-,14-/m1/s1. The van der Waals surface area contributed by atoms with E-state index < -0.39 is 5.60 Å². The number of rotatable bonds is 4. The van der Waals surface area contributed by atoms with Crippen molar-refractivity contribution in [2.45, 2.75) is 70.6 Å². The number of ether oxygens (including phenoxy) is 1. The molecule has 0 unspecified atom stereocenters. The maximum atomic E-state index is 12.1. The molecule has 0 bridgehead atoms. The summed E-state index contributed by atoms with van der Waals surface area (Å²) < 4.78 is 10.8. The third-order valence-corrected chi connectivity index (χ3v) is 5.41. The van der Waals surface area contributed by atoms with Crippen LogP contribution in [0.5, 0.6) is 0 Å². The molecule has 1 aromatic heterocycles. The zero-order chi connectivity index (χ0) is 17.6. The molecular formula is C18H28N4O3. The first-order chi connectivity index (χ1) is 11.9. The second-order valence-corrected chi connectivity index (χ2v) is 8.77. The molecule has 1 amide bonds. The first-order valence-electron chi connectivity index (χ1n) is 9.42. The van der Waals surface area contributed by atoms with Crippen molar-refractivity contribution in [3.8, 4) is 0 Å². The van der Waals surface area contributed by atoms with E-state index in [1.54, 1.807) is 0 Å².